The van der Waals surface area contributed by atoms with Gasteiger partial charge < -0.3 is 18.8 Å². The number of ether oxygens (including phenoxy) is 2. The quantitative estimate of drug-likeness (QED) is 0.506. The van der Waals surface area contributed by atoms with E-state index in [1.807, 2.05) is 0 Å². The molecule has 1 aromatic heterocycles. The van der Waals surface area contributed by atoms with E-state index in [4.69, 9.17) is 20.8 Å². The van der Waals surface area contributed by atoms with Gasteiger partial charge in [-0.05, 0) is 30.7 Å². The maximum atomic E-state index is 13.9. The Morgan fingerprint density at radius 2 is 2.13 bits per heavy atom. The van der Waals surface area contributed by atoms with Gasteiger partial charge in [0, 0.05) is 36.7 Å². The third kappa shape index (κ3) is 4.54. The SMILES string of the molecule is COC(=O)c1coc(-c2ccc(CN3CCCC3=O)c(Oc3ccc(Cl)c(F)c3)c2)n1. The number of rotatable bonds is 6. The highest BCUT2D eigenvalue weighted by molar-refractivity contribution is 6.30. The number of amides is 1. The summed E-state index contributed by atoms with van der Waals surface area (Å²) in [6, 6.07) is 9.32. The van der Waals surface area contributed by atoms with Crippen LogP contribution in [-0.4, -0.2) is 35.4 Å². The number of carbonyl (C=O) groups excluding carboxylic acids is 2. The largest absolute Gasteiger partial charge is 0.464 e. The molecule has 1 fully saturated rings. The summed E-state index contributed by atoms with van der Waals surface area (Å²) in [6.07, 6.45) is 2.53. The number of halogens is 2. The van der Waals surface area contributed by atoms with Gasteiger partial charge in [-0.3, -0.25) is 4.79 Å². The van der Waals surface area contributed by atoms with Crippen molar-refractivity contribution in [2.24, 2.45) is 0 Å². The van der Waals surface area contributed by atoms with E-state index in [1.165, 1.54) is 25.5 Å². The number of esters is 1. The van der Waals surface area contributed by atoms with Gasteiger partial charge in [0.25, 0.3) is 0 Å². The zero-order valence-electron chi connectivity index (χ0n) is 16.6. The van der Waals surface area contributed by atoms with Crippen LogP contribution in [0.25, 0.3) is 11.5 Å². The summed E-state index contributed by atoms with van der Waals surface area (Å²) in [5.41, 5.74) is 1.30. The molecule has 2 heterocycles. The second-order valence-corrected chi connectivity index (χ2v) is 7.36. The average Bonchev–Trinajstić information content (AvgIpc) is 3.41. The predicted octanol–water partition coefficient (Wildman–Crippen LogP) is 4.84. The highest BCUT2D eigenvalue weighted by Crippen LogP contribution is 2.33. The number of likely N-dealkylation sites (tertiary alicyclic amines) is 1. The van der Waals surface area contributed by atoms with Gasteiger partial charge in [0.15, 0.2) is 5.69 Å². The van der Waals surface area contributed by atoms with E-state index in [0.717, 1.165) is 12.0 Å². The Morgan fingerprint density at radius 1 is 1.29 bits per heavy atom. The monoisotopic (exact) mass is 444 g/mol. The molecule has 1 amide bonds. The maximum absolute atomic E-state index is 13.9. The molecule has 0 unspecified atom stereocenters. The van der Waals surface area contributed by atoms with Crippen LogP contribution >= 0.6 is 11.6 Å². The highest BCUT2D eigenvalue weighted by atomic mass is 35.5. The van der Waals surface area contributed by atoms with E-state index in [9.17, 15) is 14.0 Å². The van der Waals surface area contributed by atoms with E-state index in [0.29, 0.717) is 30.8 Å². The molecule has 0 saturated carbocycles. The van der Waals surface area contributed by atoms with Gasteiger partial charge in [0.1, 0.15) is 23.6 Å². The zero-order valence-corrected chi connectivity index (χ0v) is 17.3. The number of methoxy groups -OCH3 is 1. The van der Waals surface area contributed by atoms with Gasteiger partial charge in [-0.1, -0.05) is 17.7 Å². The van der Waals surface area contributed by atoms with Crippen molar-refractivity contribution in [2.75, 3.05) is 13.7 Å². The minimum absolute atomic E-state index is 0.0147. The first-order valence-corrected chi connectivity index (χ1v) is 9.90. The van der Waals surface area contributed by atoms with Crippen molar-refractivity contribution < 1.29 is 27.9 Å². The Balaban J connectivity index is 1.69. The summed E-state index contributed by atoms with van der Waals surface area (Å²) in [5.74, 6) is -0.318. The lowest BCUT2D eigenvalue weighted by Gasteiger charge is -2.19. The Kier molecular flexibility index (Phi) is 5.90. The molecule has 0 bridgehead atoms. The molecule has 7 nitrogen and oxygen atoms in total. The molecule has 2 aromatic carbocycles. The first-order chi connectivity index (χ1) is 14.9. The van der Waals surface area contributed by atoms with Crippen LogP contribution in [-0.2, 0) is 16.1 Å². The fraction of sp³-hybridized carbons (Fsp3) is 0.227. The van der Waals surface area contributed by atoms with Gasteiger partial charge >= 0.3 is 5.97 Å². The van der Waals surface area contributed by atoms with Crippen LogP contribution in [0.4, 0.5) is 4.39 Å². The molecule has 4 rings (SSSR count). The van der Waals surface area contributed by atoms with Gasteiger partial charge in [-0.15, -0.1) is 0 Å². The molecular weight excluding hydrogens is 427 g/mol. The van der Waals surface area contributed by atoms with Gasteiger partial charge in [-0.2, -0.15) is 0 Å². The van der Waals surface area contributed by atoms with Gasteiger partial charge in [0.2, 0.25) is 11.8 Å². The summed E-state index contributed by atoms with van der Waals surface area (Å²) >= 11 is 5.76. The van der Waals surface area contributed by atoms with Gasteiger partial charge in [-0.25, -0.2) is 14.2 Å². The predicted molar refractivity (Wildman–Crippen MR) is 109 cm³/mol. The summed E-state index contributed by atoms with van der Waals surface area (Å²) in [5, 5.41) is -0.0147. The van der Waals surface area contributed by atoms with E-state index in [-0.39, 0.29) is 28.3 Å². The van der Waals surface area contributed by atoms with Gasteiger partial charge in [0.05, 0.1) is 12.1 Å². The Hall–Kier alpha value is -3.39. The molecule has 0 spiro atoms. The molecular formula is C22H18ClFN2O5. The lowest BCUT2D eigenvalue weighted by molar-refractivity contribution is -0.128. The third-order valence-corrected chi connectivity index (χ3v) is 5.17. The van der Waals surface area contributed by atoms with E-state index < -0.39 is 11.8 Å². The van der Waals surface area contributed by atoms with Crippen LogP contribution in [0.3, 0.4) is 0 Å². The molecule has 1 aliphatic rings. The molecule has 3 aromatic rings. The lowest BCUT2D eigenvalue weighted by Crippen LogP contribution is -2.24. The minimum Gasteiger partial charge on any atom is -0.464 e. The maximum Gasteiger partial charge on any atom is 0.360 e. The summed E-state index contributed by atoms with van der Waals surface area (Å²) in [6.45, 7) is 1.02. The Bertz CT molecular complexity index is 1150. The number of hydrogen-bond acceptors (Lipinski definition) is 6. The van der Waals surface area contributed by atoms with Crippen LogP contribution in [0, 0.1) is 5.82 Å². The smallest absolute Gasteiger partial charge is 0.360 e. The molecule has 1 saturated heterocycles. The van der Waals surface area contributed by atoms with Crippen molar-refractivity contribution in [1.29, 1.82) is 0 Å². The first kappa shape index (κ1) is 20.9. The van der Waals surface area contributed by atoms with Crippen LogP contribution in [0.5, 0.6) is 11.5 Å². The summed E-state index contributed by atoms with van der Waals surface area (Å²) in [4.78, 5) is 29.6. The van der Waals surface area contributed by atoms with Crippen molar-refractivity contribution in [1.82, 2.24) is 9.88 Å². The van der Waals surface area contributed by atoms with Crippen LogP contribution in [0.1, 0.15) is 28.9 Å². The molecule has 160 valence electrons. The van der Waals surface area contributed by atoms with E-state index in [1.54, 1.807) is 29.2 Å². The van der Waals surface area contributed by atoms with Crippen molar-refractivity contribution in [2.45, 2.75) is 19.4 Å². The first-order valence-electron chi connectivity index (χ1n) is 9.52. The van der Waals surface area contributed by atoms with Crippen molar-refractivity contribution in [3.05, 3.63) is 64.8 Å². The molecule has 0 atom stereocenters. The van der Waals surface area contributed by atoms with E-state index in [2.05, 4.69) is 9.72 Å². The third-order valence-electron chi connectivity index (χ3n) is 4.86. The van der Waals surface area contributed by atoms with Crippen molar-refractivity contribution in [3.8, 4) is 23.0 Å². The summed E-state index contributed by atoms with van der Waals surface area (Å²) < 4.78 is 29.9. The average molecular weight is 445 g/mol. The van der Waals surface area contributed by atoms with Crippen molar-refractivity contribution in [3.63, 3.8) is 0 Å². The summed E-state index contributed by atoms with van der Waals surface area (Å²) in [7, 11) is 1.25. The van der Waals surface area contributed by atoms with Crippen LogP contribution in [0.2, 0.25) is 5.02 Å². The zero-order chi connectivity index (χ0) is 22.0. The molecule has 0 aliphatic carbocycles. The molecule has 9 heteroatoms. The normalized spacial score (nSPS) is 13.5. The highest BCUT2D eigenvalue weighted by Gasteiger charge is 2.22. The number of benzene rings is 2. The molecule has 1 aliphatic heterocycles. The second kappa shape index (κ2) is 8.77. The van der Waals surface area contributed by atoms with Crippen molar-refractivity contribution >= 4 is 23.5 Å². The number of aromatic nitrogens is 1. The number of nitrogens with zero attached hydrogens (tertiary/aromatic N) is 2. The molecule has 31 heavy (non-hydrogen) atoms. The minimum atomic E-state index is -0.618. The molecule has 0 radical (unpaired) electrons. The lowest BCUT2D eigenvalue weighted by atomic mass is 10.1. The Morgan fingerprint density at radius 3 is 2.84 bits per heavy atom. The fourth-order valence-corrected chi connectivity index (χ4v) is 3.38. The standard InChI is InChI=1S/C22H18ClFN2O5/c1-29-22(28)18-12-30-21(25-18)13-4-5-14(11-26-8-2-3-20(26)27)19(9-13)31-15-6-7-16(23)17(24)10-15/h4-7,9-10,12H,2-3,8,11H2,1H3. The number of oxazole rings is 1. The Labute approximate surface area is 182 Å². The topological polar surface area (TPSA) is 81.9 Å². The second-order valence-electron chi connectivity index (χ2n) is 6.95. The molecule has 0 N–H and O–H groups in total. The fourth-order valence-electron chi connectivity index (χ4n) is 3.26. The number of carbonyl (C=O) groups is 2. The van der Waals surface area contributed by atoms with Crippen LogP contribution < -0.4 is 4.74 Å². The number of hydrogen-bond donors (Lipinski definition) is 0. The van der Waals surface area contributed by atoms with E-state index >= 15 is 0 Å². The van der Waals surface area contributed by atoms with Crippen LogP contribution in [0.15, 0.2) is 47.1 Å².